The summed E-state index contributed by atoms with van der Waals surface area (Å²) < 4.78 is 0. The summed E-state index contributed by atoms with van der Waals surface area (Å²) in [4.78, 5) is 0. The van der Waals surface area contributed by atoms with Gasteiger partial charge in [0.05, 0.1) is 0 Å². The fraction of sp³-hybridized carbons (Fsp3) is 0.538. The molecule has 13 heavy (non-hydrogen) atoms. The molecule has 0 radical (unpaired) electrons. The van der Waals surface area contributed by atoms with E-state index in [1.807, 2.05) is 0 Å². The zero-order valence-corrected chi connectivity index (χ0v) is 8.59. The normalized spacial score (nSPS) is 20.7. The van der Waals surface area contributed by atoms with Crippen LogP contribution in [0, 0.1) is 5.92 Å². The number of fused-ring (bicyclic) bond motifs is 1. The molecule has 1 aliphatic rings. The highest BCUT2D eigenvalue weighted by Gasteiger charge is 2.21. The molecule has 1 atom stereocenters. The molecule has 0 saturated heterocycles. The minimum Gasteiger partial charge on any atom is -0.0628 e. The molecule has 0 aromatic heterocycles. The van der Waals surface area contributed by atoms with Gasteiger partial charge in [0.15, 0.2) is 0 Å². The van der Waals surface area contributed by atoms with Gasteiger partial charge in [0, 0.05) is 0 Å². The Kier molecular flexibility index (Phi) is 2.39. The fourth-order valence-corrected chi connectivity index (χ4v) is 2.46. The fourth-order valence-electron chi connectivity index (χ4n) is 2.46. The Balaban J connectivity index is 2.18. The third kappa shape index (κ3) is 1.77. The van der Waals surface area contributed by atoms with Crippen molar-refractivity contribution in [2.75, 3.05) is 0 Å². The van der Waals surface area contributed by atoms with Crippen LogP contribution in [-0.4, -0.2) is 0 Å². The van der Waals surface area contributed by atoms with Gasteiger partial charge in [0.1, 0.15) is 0 Å². The van der Waals surface area contributed by atoms with E-state index >= 15 is 0 Å². The van der Waals surface area contributed by atoms with Crippen molar-refractivity contribution in [1.29, 1.82) is 0 Å². The largest absolute Gasteiger partial charge is 0.0628 e. The van der Waals surface area contributed by atoms with E-state index in [2.05, 4.69) is 38.1 Å². The standard InChI is InChI=1S/C13H18/c1-10(2)9-12-8-7-11-5-3-4-6-13(11)12/h3-6,10,12H,7-9H2,1-2H3. The molecule has 1 aromatic carbocycles. The average Bonchev–Trinajstić information content (AvgIpc) is 2.48. The Morgan fingerprint density at radius 1 is 1.31 bits per heavy atom. The van der Waals surface area contributed by atoms with Crippen LogP contribution in [0.3, 0.4) is 0 Å². The molecule has 0 nitrogen and oxygen atoms in total. The lowest BCUT2D eigenvalue weighted by Gasteiger charge is -2.13. The van der Waals surface area contributed by atoms with Crippen molar-refractivity contribution in [3.8, 4) is 0 Å². The molecular formula is C13H18. The smallest absolute Gasteiger partial charge is 0.0154 e. The second kappa shape index (κ2) is 3.53. The summed E-state index contributed by atoms with van der Waals surface area (Å²) in [6.45, 7) is 4.64. The highest BCUT2D eigenvalue weighted by atomic mass is 14.3. The Morgan fingerprint density at radius 3 is 2.85 bits per heavy atom. The number of aryl methyl sites for hydroxylation is 1. The van der Waals surface area contributed by atoms with Crippen LogP contribution in [0.5, 0.6) is 0 Å². The summed E-state index contributed by atoms with van der Waals surface area (Å²) in [7, 11) is 0. The minimum absolute atomic E-state index is 0.830. The van der Waals surface area contributed by atoms with E-state index in [4.69, 9.17) is 0 Å². The molecule has 0 bridgehead atoms. The van der Waals surface area contributed by atoms with E-state index in [1.54, 1.807) is 11.1 Å². The quantitative estimate of drug-likeness (QED) is 0.640. The summed E-state index contributed by atoms with van der Waals surface area (Å²) >= 11 is 0. The van der Waals surface area contributed by atoms with Gasteiger partial charge in [-0.3, -0.25) is 0 Å². The minimum atomic E-state index is 0.830. The maximum atomic E-state index is 2.32. The highest BCUT2D eigenvalue weighted by molar-refractivity contribution is 5.34. The molecule has 0 fully saturated rings. The Hall–Kier alpha value is -0.780. The monoisotopic (exact) mass is 174 g/mol. The van der Waals surface area contributed by atoms with Crippen LogP contribution < -0.4 is 0 Å². The predicted molar refractivity (Wildman–Crippen MR) is 57.0 cm³/mol. The topological polar surface area (TPSA) is 0 Å². The van der Waals surface area contributed by atoms with Gasteiger partial charge < -0.3 is 0 Å². The van der Waals surface area contributed by atoms with Crippen LogP contribution in [0.25, 0.3) is 0 Å². The van der Waals surface area contributed by atoms with Crippen molar-refractivity contribution in [2.45, 2.75) is 39.0 Å². The molecule has 0 amide bonds. The van der Waals surface area contributed by atoms with Crippen LogP contribution >= 0.6 is 0 Å². The van der Waals surface area contributed by atoms with Crippen molar-refractivity contribution < 1.29 is 0 Å². The summed E-state index contributed by atoms with van der Waals surface area (Å²) in [6.07, 6.45) is 4.03. The number of benzene rings is 1. The molecule has 0 aliphatic heterocycles. The Morgan fingerprint density at radius 2 is 2.08 bits per heavy atom. The summed E-state index contributed by atoms with van der Waals surface area (Å²) in [5.74, 6) is 1.67. The molecule has 70 valence electrons. The van der Waals surface area contributed by atoms with Crippen molar-refractivity contribution in [2.24, 2.45) is 5.92 Å². The maximum absolute atomic E-state index is 2.32. The van der Waals surface area contributed by atoms with Crippen LogP contribution in [0.15, 0.2) is 24.3 Å². The van der Waals surface area contributed by atoms with Crippen LogP contribution in [0.4, 0.5) is 0 Å². The van der Waals surface area contributed by atoms with E-state index in [9.17, 15) is 0 Å². The van der Waals surface area contributed by atoms with Gasteiger partial charge in [-0.2, -0.15) is 0 Å². The highest BCUT2D eigenvalue weighted by Crippen LogP contribution is 2.36. The zero-order valence-electron chi connectivity index (χ0n) is 8.59. The number of hydrogen-bond acceptors (Lipinski definition) is 0. The number of rotatable bonds is 2. The lowest BCUT2D eigenvalue weighted by molar-refractivity contribution is 0.497. The van der Waals surface area contributed by atoms with Gasteiger partial charge in [-0.05, 0) is 42.2 Å². The first-order chi connectivity index (χ1) is 6.27. The SMILES string of the molecule is CC(C)CC1CCc2ccccc21. The lowest BCUT2D eigenvalue weighted by Crippen LogP contribution is -1.98. The van der Waals surface area contributed by atoms with Crippen LogP contribution in [0.2, 0.25) is 0 Å². The van der Waals surface area contributed by atoms with Crippen molar-refractivity contribution >= 4 is 0 Å². The summed E-state index contributed by atoms with van der Waals surface area (Å²) in [6, 6.07) is 8.94. The molecule has 1 unspecified atom stereocenters. The molecule has 1 aliphatic carbocycles. The van der Waals surface area contributed by atoms with E-state index in [0.29, 0.717) is 0 Å². The second-order valence-electron chi connectivity index (χ2n) is 4.56. The second-order valence-corrected chi connectivity index (χ2v) is 4.56. The first-order valence-corrected chi connectivity index (χ1v) is 5.35. The first kappa shape index (κ1) is 8.80. The maximum Gasteiger partial charge on any atom is -0.0154 e. The molecule has 0 spiro atoms. The van der Waals surface area contributed by atoms with Gasteiger partial charge in [0.25, 0.3) is 0 Å². The predicted octanol–water partition coefficient (Wildman–Crippen LogP) is 3.76. The van der Waals surface area contributed by atoms with E-state index < -0.39 is 0 Å². The molecule has 1 aromatic rings. The van der Waals surface area contributed by atoms with Gasteiger partial charge in [0.2, 0.25) is 0 Å². The summed E-state index contributed by atoms with van der Waals surface area (Å²) in [5.41, 5.74) is 3.21. The van der Waals surface area contributed by atoms with Crippen LogP contribution in [-0.2, 0) is 6.42 Å². The molecule has 0 heterocycles. The lowest BCUT2D eigenvalue weighted by atomic mass is 9.92. The molecule has 2 rings (SSSR count). The number of hydrogen-bond donors (Lipinski definition) is 0. The zero-order chi connectivity index (χ0) is 9.26. The Bertz CT molecular complexity index is 286. The average molecular weight is 174 g/mol. The third-order valence-electron chi connectivity index (χ3n) is 3.01. The van der Waals surface area contributed by atoms with E-state index in [1.165, 1.54) is 19.3 Å². The first-order valence-electron chi connectivity index (χ1n) is 5.35. The van der Waals surface area contributed by atoms with Gasteiger partial charge >= 0.3 is 0 Å². The molecule has 0 N–H and O–H groups in total. The molecule has 0 heteroatoms. The van der Waals surface area contributed by atoms with Gasteiger partial charge in [-0.15, -0.1) is 0 Å². The Labute approximate surface area is 81.0 Å². The van der Waals surface area contributed by atoms with Crippen molar-refractivity contribution in [3.05, 3.63) is 35.4 Å². The van der Waals surface area contributed by atoms with Crippen molar-refractivity contribution in [1.82, 2.24) is 0 Å². The van der Waals surface area contributed by atoms with E-state index in [-0.39, 0.29) is 0 Å². The van der Waals surface area contributed by atoms with Gasteiger partial charge in [-0.1, -0.05) is 38.1 Å². The molecule has 0 saturated carbocycles. The van der Waals surface area contributed by atoms with Gasteiger partial charge in [-0.25, -0.2) is 0 Å². The van der Waals surface area contributed by atoms with Crippen molar-refractivity contribution in [3.63, 3.8) is 0 Å². The van der Waals surface area contributed by atoms with E-state index in [0.717, 1.165) is 11.8 Å². The molecular weight excluding hydrogens is 156 g/mol. The van der Waals surface area contributed by atoms with Crippen LogP contribution in [0.1, 0.15) is 43.7 Å². The third-order valence-corrected chi connectivity index (χ3v) is 3.01. The summed E-state index contributed by atoms with van der Waals surface area (Å²) in [5, 5.41) is 0.